The molecule has 0 radical (unpaired) electrons. The van der Waals surface area contributed by atoms with E-state index in [9.17, 15) is 5.26 Å². The highest BCUT2D eigenvalue weighted by molar-refractivity contribution is 5.85. The minimum atomic E-state index is -0.280. The van der Waals surface area contributed by atoms with Crippen LogP contribution < -0.4 is 0 Å². The molecule has 0 bridgehead atoms. The number of benzene rings is 1. The number of nitrogens with zero attached hydrogens (tertiary/aromatic N) is 2. The Bertz CT molecular complexity index is 460. The van der Waals surface area contributed by atoms with Crippen LogP contribution in [0, 0.1) is 17.2 Å². The Balaban J connectivity index is 0.00000242. The van der Waals surface area contributed by atoms with E-state index in [2.05, 4.69) is 49.3 Å². The van der Waals surface area contributed by atoms with E-state index < -0.39 is 0 Å². The number of halogens is 1. The maximum absolute atomic E-state index is 10.1. The molecule has 1 saturated carbocycles. The zero-order chi connectivity index (χ0) is 15.1. The summed E-state index contributed by atoms with van der Waals surface area (Å²) in [6, 6.07) is 13.3. The molecule has 0 saturated heterocycles. The minimum Gasteiger partial charge on any atom is -0.309 e. The predicted octanol–water partition coefficient (Wildman–Crippen LogP) is 4.79. The Labute approximate surface area is 141 Å². The van der Waals surface area contributed by atoms with Crippen LogP contribution in [0.4, 0.5) is 0 Å². The molecule has 22 heavy (non-hydrogen) atoms. The first-order valence-electron chi connectivity index (χ1n) is 8.30. The van der Waals surface area contributed by atoms with Gasteiger partial charge in [0.05, 0.1) is 11.5 Å². The van der Waals surface area contributed by atoms with Gasteiger partial charge in [-0.1, -0.05) is 49.6 Å². The summed E-state index contributed by atoms with van der Waals surface area (Å²) in [5, 5.41) is 10.1. The first-order valence-corrected chi connectivity index (χ1v) is 8.30. The van der Waals surface area contributed by atoms with Crippen LogP contribution in [0.2, 0.25) is 0 Å². The molecule has 1 fully saturated rings. The Kier molecular flexibility index (Phi) is 7.93. The van der Waals surface area contributed by atoms with Crippen molar-refractivity contribution in [2.24, 2.45) is 5.92 Å². The Morgan fingerprint density at radius 3 is 2.32 bits per heavy atom. The van der Waals surface area contributed by atoms with Gasteiger partial charge in [0.1, 0.15) is 0 Å². The van der Waals surface area contributed by atoms with Crippen molar-refractivity contribution in [3.63, 3.8) is 0 Å². The van der Waals surface area contributed by atoms with E-state index in [1.165, 1.54) is 37.7 Å². The lowest BCUT2D eigenvalue weighted by atomic mass is 9.63. The molecule has 1 aliphatic carbocycles. The molecule has 1 aromatic carbocycles. The Morgan fingerprint density at radius 1 is 1.14 bits per heavy atom. The average Bonchev–Trinajstić information content (AvgIpc) is 2.53. The second kappa shape index (κ2) is 9.18. The van der Waals surface area contributed by atoms with Crippen molar-refractivity contribution in [1.29, 1.82) is 5.26 Å². The van der Waals surface area contributed by atoms with E-state index in [-0.39, 0.29) is 17.8 Å². The molecule has 2 nitrogen and oxygen atoms in total. The maximum Gasteiger partial charge on any atom is 0.0850 e. The third kappa shape index (κ3) is 4.48. The van der Waals surface area contributed by atoms with Crippen molar-refractivity contribution in [2.45, 2.75) is 50.4 Å². The highest BCUT2D eigenvalue weighted by Gasteiger charge is 2.40. The van der Waals surface area contributed by atoms with Gasteiger partial charge in [0, 0.05) is 0 Å². The van der Waals surface area contributed by atoms with E-state index in [4.69, 9.17) is 0 Å². The standard InChI is InChI=1S/C19H28N2.ClH/c1-21(2)15-9-14-19(16-20,17-10-5-3-6-11-17)18-12-7-4-8-13-18;/h3,5-6,10-11,18H,4,7-9,12-15H2,1-2H3;1H. The van der Waals surface area contributed by atoms with Crippen LogP contribution in [0.1, 0.15) is 50.5 Å². The second-order valence-electron chi connectivity index (χ2n) is 6.69. The van der Waals surface area contributed by atoms with Gasteiger partial charge in [0.25, 0.3) is 0 Å². The van der Waals surface area contributed by atoms with Gasteiger partial charge in [-0.05, 0) is 57.8 Å². The number of rotatable bonds is 6. The van der Waals surface area contributed by atoms with Crippen molar-refractivity contribution < 1.29 is 0 Å². The minimum absolute atomic E-state index is 0. The van der Waals surface area contributed by atoms with Gasteiger partial charge in [-0.15, -0.1) is 12.4 Å². The summed E-state index contributed by atoms with van der Waals surface area (Å²) >= 11 is 0. The van der Waals surface area contributed by atoms with Crippen LogP contribution in [0.15, 0.2) is 30.3 Å². The third-order valence-corrected chi connectivity index (χ3v) is 4.97. The predicted molar refractivity (Wildman–Crippen MR) is 95.3 cm³/mol. The molecule has 1 aliphatic rings. The fourth-order valence-corrected chi connectivity index (χ4v) is 3.80. The summed E-state index contributed by atoms with van der Waals surface area (Å²) in [7, 11) is 4.22. The molecule has 3 heteroatoms. The molecule has 0 heterocycles. The summed E-state index contributed by atoms with van der Waals surface area (Å²) in [5.74, 6) is 0.529. The average molecular weight is 321 g/mol. The second-order valence-corrected chi connectivity index (χ2v) is 6.69. The van der Waals surface area contributed by atoms with Crippen molar-refractivity contribution >= 4 is 12.4 Å². The van der Waals surface area contributed by atoms with Crippen LogP contribution in [0.3, 0.4) is 0 Å². The summed E-state index contributed by atoms with van der Waals surface area (Å²) in [6.07, 6.45) is 8.41. The normalized spacial score (nSPS) is 18.3. The first kappa shape index (κ1) is 19.0. The number of hydrogen-bond donors (Lipinski definition) is 0. The summed E-state index contributed by atoms with van der Waals surface area (Å²) in [6.45, 7) is 1.06. The van der Waals surface area contributed by atoms with Gasteiger partial charge < -0.3 is 4.90 Å². The highest BCUT2D eigenvalue weighted by atomic mass is 35.5. The van der Waals surface area contributed by atoms with Gasteiger partial charge in [-0.25, -0.2) is 0 Å². The van der Waals surface area contributed by atoms with Crippen molar-refractivity contribution in [3.8, 4) is 6.07 Å². The van der Waals surface area contributed by atoms with Crippen LogP contribution in [-0.2, 0) is 5.41 Å². The largest absolute Gasteiger partial charge is 0.309 e. The number of nitriles is 1. The Morgan fingerprint density at radius 2 is 1.77 bits per heavy atom. The molecule has 0 spiro atoms. The van der Waals surface area contributed by atoms with Gasteiger partial charge in [-0.2, -0.15) is 5.26 Å². The maximum atomic E-state index is 10.1. The van der Waals surface area contributed by atoms with Crippen LogP contribution in [0.5, 0.6) is 0 Å². The first-order chi connectivity index (χ1) is 10.2. The zero-order valence-electron chi connectivity index (χ0n) is 13.9. The van der Waals surface area contributed by atoms with E-state index >= 15 is 0 Å². The summed E-state index contributed by atoms with van der Waals surface area (Å²) < 4.78 is 0. The van der Waals surface area contributed by atoms with Gasteiger partial charge >= 0.3 is 0 Å². The van der Waals surface area contributed by atoms with Crippen LogP contribution in [-0.4, -0.2) is 25.5 Å². The molecule has 2 rings (SSSR count). The lowest BCUT2D eigenvalue weighted by Gasteiger charge is -2.38. The van der Waals surface area contributed by atoms with Gasteiger partial charge in [0.2, 0.25) is 0 Å². The quantitative estimate of drug-likeness (QED) is 0.753. The molecule has 0 aliphatic heterocycles. The molecule has 0 N–H and O–H groups in total. The van der Waals surface area contributed by atoms with E-state index in [0.29, 0.717) is 5.92 Å². The van der Waals surface area contributed by atoms with Gasteiger partial charge in [0.15, 0.2) is 0 Å². The number of hydrogen-bond acceptors (Lipinski definition) is 2. The Hall–Kier alpha value is -1.04. The van der Waals surface area contributed by atoms with Crippen molar-refractivity contribution in [1.82, 2.24) is 4.90 Å². The lowest BCUT2D eigenvalue weighted by Crippen LogP contribution is -2.36. The third-order valence-electron chi connectivity index (χ3n) is 4.97. The van der Waals surface area contributed by atoms with E-state index in [1.807, 2.05) is 6.07 Å². The smallest absolute Gasteiger partial charge is 0.0850 e. The van der Waals surface area contributed by atoms with E-state index in [1.54, 1.807) is 0 Å². The van der Waals surface area contributed by atoms with Crippen LogP contribution >= 0.6 is 12.4 Å². The SMILES string of the molecule is CN(C)CCCC(C#N)(c1ccccc1)C1CCCCC1.Cl. The molecular formula is C19H29ClN2. The van der Waals surface area contributed by atoms with Crippen LogP contribution in [0.25, 0.3) is 0 Å². The molecule has 1 aromatic rings. The molecular weight excluding hydrogens is 292 g/mol. The monoisotopic (exact) mass is 320 g/mol. The molecule has 122 valence electrons. The molecule has 0 aromatic heterocycles. The van der Waals surface area contributed by atoms with Crippen molar-refractivity contribution in [3.05, 3.63) is 35.9 Å². The fourth-order valence-electron chi connectivity index (χ4n) is 3.80. The topological polar surface area (TPSA) is 27.0 Å². The molecule has 1 atom stereocenters. The molecule has 0 amide bonds. The highest BCUT2D eigenvalue weighted by Crippen LogP contribution is 2.43. The van der Waals surface area contributed by atoms with Crippen molar-refractivity contribution in [2.75, 3.05) is 20.6 Å². The lowest BCUT2D eigenvalue weighted by molar-refractivity contribution is 0.229. The van der Waals surface area contributed by atoms with Gasteiger partial charge in [-0.3, -0.25) is 0 Å². The summed E-state index contributed by atoms with van der Waals surface area (Å²) in [4.78, 5) is 2.22. The molecule has 1 unspecified atom stereocenters. The zero-order valence-corrected chi connectivity index (χ0v) is 14.7. The fraction of sp³-hybridized carbons (Fsp3) is 0.632. The van der Waals surface area contributed by atoms with E-state index in [0.717, 1.165) is 19.4 Å². The summed E-state index contributed by atoms with van der Waals surface area (Å²) in [5.41, 5.74) is 0.954.